The van der Waals surface area contributed by atoms with Gasteiger partial charge in [-0.05, 0) is 30.2 Å². The second kappa shape index (κ2) is 2.92. The summed E-state index contributed by atoms with van der Waals surface area (Å²) in [6, 6.07) is 5.97. The highest BCUT2D eigenvalue weighted by atomic mass is 79.9. The fourth-order valence-electron chi connectivity index (χ4n) is 1.77. The number of fused-ring (bicyclic) bond motifs is 1. The van der Waals surface area contributed by atoms with Gasteiger partial charge in [-0.25, -0.2) is 0 Å². The molecule has 0 saturated carbocycles. The van der Waals surface area contributed by atoms with Crippen LogP contribution in [0.3, 0.4) is 0 Å². The van der Waals surface area contributed by atoms with Crippen molar-refractivity contribution < 1.29 is 9.47 Å². The molecule has 78 valence electrons. The topological polar surface area (TPSA) is 30.5 Å². The lowest BCUT2D eigenvalue weighted by Crippen LogP contribution is -2.42. The molecule has 0 saturated heterocycles. The first kappa shape index (κ1) is 9.09. The molecule has 0 aliphatic carbocycles. The zero-order chi connectivity index (χ0) is 10.5. The van der Waals surface area contributed by atoms with Crippen LogP contribution in [-0.2, 0) is 4.45 Å². The van der Waals surface area contributed by atoms with Crippen molar-refractivity contribution in [1.82, 2.24) is 5.32 Å². The third-order valence-corrected chi connectivity index (χ3v) is 4.11. The summed E-state index contributed by atoms with van der Waals surface area (Å²) in [6.45, 7) is 2.39. The predicted molar refractivity (Wildman–Crippen MR) is 60.1 cm³/mol. The Hall–Kier alpha value is -1.16. The number of halogens is 1. The van der Waals surface area contributed by atoms with E-state index in [-0.39, 0.29) is 4.45 Å². The molecule has 15 heavy (non-hydrogen) atoms. The fraction of sp³-hybridized carbons (Fsp3) is 0.273. The second-order valence-electron chi connectivity index (χ2n) is 3.70. The number of ether oxygens (including phenoxy) is 2. The van der Waals surface area contributed by atoms with E-state index in [2.05, 4.69) is 28.2 Å². The highest BCUT2D eigenvalue weighted by molar-refractivity contribution is 9.09. The molecular weight excluding hydrogens is 258 g/mol. The van der Waals surface area contributed by atoms with Gasteiger partial charge in [0.1, 0.15) is 4.45 Å². The molecule has 1 N–H and O–H groups in total. The van der Waals surface area contributed by atoms with Gasteiger partial charge in [0.05, 0.1) is 0 Å². The van der Waals surface area contributed by atoms with E-state index in [1.165, 1.54) is 5.57 Å². The maximum atomic E-state index is 5.35. The van der Waals surface area contributed by atoms with Crippen molar-refractivity contribution in [2.45, 2.75) is 11.4 Å². The molecule has 1 aromatic rings. The monoisotopic (exact) mass is 267 g/mol. The molecule has 0 amide bonds. The normalized spacial score (nSPS) is 26.7. The quantitative estimate of drug-likeness (QED) is 0.627. The van der Waals surface area contributed by atoms with Crippen molar-refractivity contribution in [3.05, 3.63) is 35.5 Å². The Balaban J connectivity index is 2.04. The van der Waals surface area contributed by atoms with Crippen LogP contribution < -0.4 is 14.8 Å². The molecule has 2 aliphatic rings. The predicted octanol–water partition coefficient (Wildman–Crippen LogP) is 2.47. The Bertz CT molecular complexity index is 458. The Morgan fingerprint density at radius 3 is 2.80 bits per heavy atom. The van der Waals surface area contributed by atoms with Gasteiger partial charge in [0, 0.05) is 6.20 Å². The number of benzene rings is 1. The molecule has 2 aliphatic heterocycles. The lowest BCUT2D eigenvalue weighted by Gasteiger charge is -2.37. The van der Waals surface area contributed by atoms with Crippen molar-refractivity contribution in [1.29, 1.82) is 0 Å². The van der Waals surface area contributed by atoms with Crippen LogP contribution in [0.4, 0.5) is 0 Å². The van der Waals surface area contributed by atoms with E-state index in [4.69, 9.17) is 9.47 Å². The van der Waals surface area contributed by atoms with Gasteiger partial charge in [-0.2, -0.15) is 0 Å². The van der Waals surface area contributed by atoms with E-state index in [0.717, 1.165) is 17.1 Å². The Kier molecular flexibility index (Phi) is 1.77. The van der Waals surface area contributed by atoms with Crippen molar-refractivity contribution in [3.63, 3.8) is 0 Å². The molecule has 4 heteroatoms. The lowest BCUT2D eigenvalue weighted by atomic mass is 9.95. The number of hydrogen-bond donors (Lipinski definition) is 1. The summed E-state index contributed by atoms with van der Waals surface area (Å²) in [5, 5.41) is 3.24. The SMILES string of the molecule is CC1=CNC1(Br)c1ccc2c(c1)OCO2. The Morgan fingerprint density at radius 1 is 1.33 bits per heavy atom. The number of alkyl halides is 1. The van der Waals surface area contributed by atoms with E-state index >= 15 is 0 Å². The summed E-state index contributed by atoms with van der Waals surface area (Å²) in [5.74, 6) is 1.63. The van der Waals surface area contributed by atoms with Crippen LogP contribution in [-0.4, -0.2) is 6.79 Å². The molecule has 0 aromatic heterocycles. The largest absolute Gasteiger partial charge is 0.454 e. The number of hydrogen-bond acceptors (Lipinski definition) is 3. The van der Waals surface area contributed by atoms with Gasteiger partial charge in [0.2, 0.25) is 6.79 Å². The summed E-state index contributed by atoms with van der Waals surface area (Å²) in [6.07, 6.45) is 1.99. The van der Waals surface area contributed by atoms with E-state index in [9.17, 15) is 0 Å². The molecule has 1 aromatic carbocycles. The minimum absolute atomic E-state index is 0.228. The average Bonchev–Trinajstić information content (AvgIpc) is 2.72. The van der Waals surface area contributed by atoms with Crippen molar-refractivity contribution in [2.75, 3.05) is 6.79 Å². The van der Waals surface area contributed by atoms with Gasteiger partial charge in [0.15, 0.2) is 11.5 Å². The third-order valence-electron chi connectivity index (χ3n) is 2.80. The second-order valence-corrected chi connectivity index (χ2v) is 4.89. The first-order valence-corrected chi connectivity index (χ1v) is 5.53. The molecule has 2 heterocycles. The Morgan fingerprint density at radius 2 is 2.13 bits per heavy atom. The summed E-state index contributed by atoms with van der Waals surface area (Å²) in [4.78, 5) is 0. The van der Waals surface area contributed by atoms with Gasteiger partial charge in [-0.1, -0.05) is 22.0 Å². The molecule has 0 spiro atoms. The molecule has 3 nitrogen and oxygen atoms in total. The van der Waals surface area contributed by atoms with Crippen molar-refractivity contribution in [2.24, 2.45) is 0 Å². The molecule has 0 fully saturated rings. The van der Waals surface area contributed by atoms with Gasteiger partial charge in [-0.15, -0.1) is 0 Å². The zero-order valence-corrected chi connectivity index (χ0v) is 9.80. The molecule has 1 atom stereocenters. The van der Waals surface area contributed by atoms with Crippen LogP contribution in [0.5, 0.6) is 11.5 Å². The minimum atomic E-state index is -0.228. The highest BCUT2D eigenvalue weighted by Crippen LogP contribution is 2.44. The number of nitrogens with one attached hydrogen (secondary N) is 1. The Labute approximate surface area is 96.2 Å². The van der Waals surface area contributed by atoms with Crippen LogP contribution in [0, 0.1) is 0 Å². The fourth-order valence-corrected chi connectivity index (χ4v) is 2.24. The molecule has 1 unspecified atom stereocenters. The van der Waals surface area contributed by atoms with Gasteiger partial charge < -0.3 is 14.8 Å². The maximum absolute atomic E-state index is 5.35. The molecule has 3 rings (SSSR count). The van der Waals surface area contributed by atoms with Crippen LogP contribution in [0.25, 0.3) is 0 Å². The number of rotatable bonds is 1. The summed E-state index contributed by atoms with van der Waals surface area (Å²) in [5.41, 5.74) is 2.38. The molecule has 0 bridgehead atoms. The third kappa shape index (κ3) is 1.17. The lowest BCUT2D eigenvalue weighted by molar-refractivity contribution is 0.174. The first-order chi connectivity index (χ1) is 7.20. The standard InChI is InChI=1S/C11H10BrNO2/c1-7-5-13-11(7,12)8-2-3-9-10(4-8)15-6-14-9/h2-5,13H,6H2,1H3. The van der Waals surface area contributed by atoms with Crippen LogP contribution in [0.15, 0.2) is 30.0 Å². The minimum Gasteiger partial charge on any atom is -0.454 e. The zero-order valence-electron chi connectivity index (χ0n) is 8.21. The summed E-state index contributed by atoms with van der Waals surface area (Å²) < 4.78 is 10.4. The summed E-state index contributed by atoms with van der Waals surface area (Å²) >= 11 is 3.67. The van der Waals surface area contributed by atoms with Gasteiger partial charge >= 0.3 is 0 Å². The van der Waals surface area contributed by atoms with Gasteiger partial charge in [-0.3, -0.25) is 0 Å². The van der Waals surface area contributed by atoms with Crippen LogP contribution >= 0.6 is 15.9 Å². The molecular formula is C11H10BrNO2. The molecule has 0 radical (unpaired) electrons. The van der Waals surface area contributed by atoms with E-state index in [1.807, 2.05) is 24.4 Å². The smallest absolute Gasteiger partial charge is 0.231 e. The maximum Gasteiger partial charge on any atom is 0.231 e. The average molecular weight is 268 g/mol. The van der Waals surface area contributed by atoms with E-state index in [1.54, 1.807) is 0 Å². The van der Waals surface area contributed by atoms with Gasteiger partial charge in [0.25, 0.3) is 0 Å². The highest BCUT2D eigenvalue weighted by Gasteiger charge is 2.36. The van der Waals surface area contributed by atoms with Crippen molar-refractivity contribution in [3.8, 4) is 11.5 Å². The van der Waals surface area contributed by atoms with Crippen LogP contribution in [0.2, 0.25) is 0 Å². The van der Waals surface area contributed by atoms with Crippen molar-refractivity contribution >= 4 is 15.9 Å². The summed E-state index contributed by atoms with van der Waals surface area (Å²) in [7, 11) is 0. The first-order valence-electron chi connectivity index (χ1n) is 4.74. The van der Waals surface area contributed by atoms with E-state index < -0.39 is 0 Å². The van der Waals surface area contributed by atoms with Crippen LogP contribution in [0.1, 0.15) is 12.5 Å². The van der Waals surface area contributed by atoms with E-state index in [0.29, 0.717) is 6.79 Å².